The molecule has 0 spiro atoms. The molecule has 0 amide bonds. The van der Waals surface area contributed by atoms with Gasteiger partial charge in [0, 0.05) is 0 Å². The highest BCUT2D eigenvalue weighted by atomic mass is 14.9. The second kappa shape index (κ2) is 1.41. The fraction of sp³-hybridized carbons (Fsp3) is 1.00. The monoisotopic (exact) mass is 55.1 g/mol. The standard InChI is InChI=1S/CH7B2N/c1-4(2)3/h2-3H2,1H3. The summed E-state index contributed by atoms with van der Waals surface area (Å²) in [6, 6.07) is 0. The third-order valence-electron chi connectivity index (χ3n) is 0. The topological polar surface area (TPSA) is 3.24 Å². The molecule has 0 fully saturated rings. The van der Waals surface area contributed by atoms with Gasteiger partial charge in [-0.1, -0.05) is 0 Å². The van der Waals surface area contributed by atoms with Gasteiger partial charge in [-0.3, -0.25) is 0 Å². The highest BCUT2D eigenvalue weighted by molar-refractivity contribution is 6.24. The second-order valence-electron chi connectivity index (χ2n) is 1.34. The lowest BCUT2D eigenvalue weighted by molar-refractivity contribution is 0.891. The third-order valence-corrected chi connectivity index (χ3v) is 0. The molecule has 0 radical (unpaired) electrons. The first-order valence-electron chi connectivity index (χ1n) is 1.34. The maximum atomic E-state index is 2.00. The van der Waals surface area contributed by atoms with Crippen molar-refractivity contribution >= 4 is 16.0 Å². The summed E-state index contributed by atoms with van der Waals surface area (Å²) in [6.45, 7) is 0. The van der Waals surface area contributed by atoms with Crippen LogP contribution in [0.4, 0.5) is 0 Å². The van der Waals surface area contributed by atoms with Gasteiger partial charge in [0.15, 0.2) is 16.0 Å². The molecule has 0 unspecified atom stereocenters. The van der Waals surface area contributed by atoms with E-state index in [0.717, 1.165) is 0 Å². The van der Waals surface area contributed by atoms with E-state index in [1.807, 2.05) is 27.7 Å². The van der Waals surface area contributed by atoms with Crippen molar-refractivity contribution < 1.29 is 0 Å². The van der Waals surface area contributed by atoms with Gasteiger partial charge in [0.25, 0.3) is 0 Å². The van der Waals surface area contributed by atoms with Crippen LogP contribution < -0.4 is 0 Å². The van der Waals surface area contributed by atoms with Crippen molar-refractivity contribution in [3.63, 3.8) is 0 Å². The molecular weight excluding hydrogens is 47.6 g/mol. The first-order valence-corrected chi connectivity index (χ1v) is 1.34. The zero-order chi connectivity index (χ0) is 3.58. The van der Waals surface area contributed by atoms with Gasteiger partial charge in [0.05, 0.1) is 0 Å². The van der Waals surface area contributed by atoms with Crippen LogP contribution in [0.3, 0.4) is 0 Å². The average molecular weight is 54.7 g/mol. The van der Waals surface area contributed by atoms with Crippen molar-refractivity contribution in [2.75, 3.05) is 7.05 Å². The molecule has 0 bridgehead atoms. The summed E-state index contributed by atoms with van der Waals surface area (Å²) in [5, 5.41) is 0. The molecule has 0 aliphatic rings. The summed E-state index contributed by atoms with van der Waals surface area (Å²) in [7, 11) is 6.00. The molecule has 0 rings (SSSR count). The van der Waals surface area contributed by atoms with Gasteiger partial charge in [-0.2, -0.15) is 0 Å². The van der Waals surface area contributed by atoms with Gasteiger partial charge < -0.3 is 4.72 Å². The normalized spacial score (nSPS) is 8.50. The smallest absolute Gasteiger partial charge is 0.172 e. The van der Waals surface area contributed by atoms with E-state index in [1.54, 1.807) is 0 Å². The van der Waals surface area contributed by atoms with Crippen LogP contribution in [0.5, 0.6) is 0 Å². The van der Waals surface area contributed by atoms with Gasteiger partial charge in [-0.15, -0.1) is 0 Å². The molecule has 0 aliphatic carbocycles. The molecule has 0 N–H and O–H groups in total. The predicted octanol–water partition coefficient (Wildman–Crippen LogP) is -1.99. The molecule has 3 heteroatoms. The van der Waals surface area contributed by atoms with E-state index in [9.17, 15) is 0 Å². The Balaban J connectivity index is 2.32. The Morgan fingerprint density at radius 2 is 1.50 bits per heavy atom. The second-order valence-corrected chi connectivity index (χ2v) is 1.34. The largest absolute Gasteiger partial charge is 0.399 e. The molecule has 0 saturated carbocycles. The minimum atomic E-state index is 2.00. The first kappa shape index (κ1) is 4.09. The quantitative estimate of drug-likeness (QED) is 0.290. The minimum absolute atomic E-state index is 2.00. The van der Waals surface area contributed by atoms with Crippen molar-refractivity contribution in [1.82, 2.24) is 4.72 Å². The van der Waals surface area contributed by atoms with Crippen LogP contribution in [-0.4, -0.2) is 27.7 Å². The lowest BCUT2D eigenvalue weighted by atomic mass is 10.2. The van der Waals surface area contributed by atoms with Gasteiger partial charge in [0.2, 0.25) is 0 Å². The fourth-order valence-electron chi connectivity index (χ4n) is 0. The number of rotatable bonds is 0. The van der Waals surface area contributed by atoms with E-state index >= 15 is 0 Å². The lowest BCUT2D eigenvalue weighted by Crippen LogP contribution is -2.05. The number of hydrogen-bond donors (Lipinski definition) is 0. The Morgan fingerprint density at radius 1 is 1.50 bits per heavy atom. The van der Waals surface area contributed by atoms with Crippen LogP contribution in [0.15, 0.2) is 0 Å². The molecule has 1 nitrogen and oxygen atoms in total. The zero-order valence-corrected chi connectivity index (χ0v) is 3.45. The maximum Gasteiger partial charge on any atom is 0.172 e. The summed E-state index contributed by atoms with van der Waals surface area (Å²) >= 11 is 0. The molecule has 0 aromatic heterocycles. The average Bonchev–Trinajstić information content (AvgIpc) is 0.811. The van der Waals surface area contributed by atoms with E-state index in [4.69, 9.17) is 0 Å². The van der Waals surface area contributed by atoms with Gasteiger partial charge in [-0.25, -0.2) is 0 Å². The highest BCUT2D eigenvalue weighted by Crippen LogP contribution is 1.41. The van der Waals surface area contributed by atoms with Crippen molar-refractivity contribution in [1.29, 1.82) is 0 Å². The summed E-state index contributed by atoms with van der Waals surface area (Å²) in [5.74, 6) is 0. The zero-order valence-electron chi connectivity index (χ0n) is 3.45. The number of hydrogen-bond acceptors (Lipinski definition) is 1. The molecule has 4 heavy (non-hydrogen) atoms. The molecule has 0 aromatic carbocycles. The highest BCUT2D eigenvalue weighted by Gasteiger charge is 1.61. The molecule has 0 heterocycles. The Labute approximate surface area is 28.8 Å². The molecule has 0 saturated heterocycles. The van der Waals surface area contributed by atoms with Crippen molar-refractivity contribution in [2.45, 2.75) is 0 Å². The predicted molar refractivity (Wildman–Crippen MR) is 24.9 cm³/mol. The third kappa shape index (κ3) is 307. The van der Waals surface area contributed by atoms with Crippen molar-refractivity contribution in [2.24, 2.45) is 0 Å². The number of nitrogens with zero attached hydrogens (tertiary/aromatic N) is 1. The Kier molecular flexibility index (Phi) is 1.45. The summed E-state index contributed by atoms with van der Waals surface area (Å²) in [5.41, 5.74) is 0. The van der Waals surface area contributed by atoms with E-state index in [0.29, 0.717) is 0 Å². The molecule has 0 aliphatic heterocycles. The van der Waals surface area contributed by atoms with Crippen molar-refractivity contribution in [3.05, 3.63) is 0 Å². The van der Waals surface area contributed by atoms with E-state index < -0.39 is 0 Å². The molecular formula is CH7B2N. The minimum Gasteiger partial charge on any atom is -0.399 e. The van der Waals surface area contributed by atoms with Crippen LogP contribution in [-0.2, 0) is 0 Å². The van der Waals surface area contributed by atoms with Crippen LogP contribution >= 0.6 is 0 Å². The maximum absolute atomic E-state index is 2.00. The summed E-state index contributed by atoms with van der Waals surface area (Å²) in [4.78, 5) is 0. The Bertz CT molecular complexity index is 10.8. The Morgan fingerprint density at radius 3 is 1.50 bits per heavy atom. The van der Waals surface area contributed by atoms with E-state index in [1.165, 1.54) is 0 Å². The van der Waals surface area contributed by atoms with Crippen LogP contribution in [0.1, 0.15) is 0 Å². The van der Waals surface area contributed by atoms with Gasteiger partial charge in [0.1, 0.15) is 0 Å². The summed E-state index contributed by atoms with van der Waals surface area (Å²) in [6.07, 6.45) is 0. The van der Waals surface area contributed by atoms with Crippen LogP contribution in [0.25, 0.3) is 0 Å². The van der Waals surface area contributed by atoms with E-state index in [2.05, 4.69) is 0 Å². The molecule has 0 aromatic rings. The lowest BCUT2D eigenvalue weighted by Gasteiger charge is -1.90. The Hall–Kier alpha value is 0.0899. The van der Waals surface area contributed by atoms with Gasteiger partial charge >= 0.3 is 0 Å². The van der Waals surface area contributed by atoms with Crippen LogP contribution in [0.2, 0.25) is 0 Å². The first-order chi connectivity index (χ1) is 1.73. The summed E-state index contributed by atoms with van der Waals surface area (Å²) < 4.78 is 2.00. The van der Waals surface area contributed by atoms with Gasteiger partial charge in [-0.05, 0) is 7.05 Å². The van der Waals surface area contributed by atoms with Crippen molar-refractivity contribution in [3.8, 4) is 0 Å². The van der Waals surface area contributed by atoms with Crippen LogP contribution in [0, 0.1) is 0 Å². The SMILES string of the molecule is BN(B)C. The molecule has 22 valence electrons. The van der Waals surface area contributed by atoms with E-state index in [-0.39, 0.29) is 0 Å². The molecule has 0 atom stereocenters. The fourth-order valence-corrected chi connectivity index (χ4v) is 0.